The first kappa shape index (κ1) is 15.0. The highest BCUT2D eigenvalue weighted by atomic mass is 19.1. The number of hydrogen-bond donors (Lipinski definition) is 1. The molecule has 1 aromatic rings. The minimum atomic E-state index is -1.05. The molecule has 0 spiro atoms. The van der Waals surface area contributed by atoms with Crippen LogP contribution in [0.15, 0.2) is 29.4 Å². The Bertz CT molecular complexity index is 588. The number of aliphatic hydroxyl groups excluding tert-OH is 1. The molecule has 0 bridgehead atoms. The van der Waals surface area contributed by atoms with Gasteiger partial charge in [-0.25, -0.2) is 4.39 Å². The summed E-state index contributed by atoms with van der Waals surface area (Å²) in [5.41, 5.74) is 2.55. The maximum absolute atomic E-state index is 13.5. The number of hydrazone groups is 1. The van der Waals surface area contributed by atoms with E-state index in [-0.39, 0.29) is 25.5 Å². The van der Waals surface area contributed by atoms with Crippen molar-refractivity contribution in [2.75, 3.05) is 24.7 Å². The van der Waals surface area contributed by atoms with E-state index in [0.29, 0.717) is 5.56 Å². The van der Waals surface area contributed by atoms with Crippen LogP contribution in [0, 0.1) is 0 Å². The lowest BCUT2D eigenvalue weighted by Crippen LogP contribution is -2.37. The molecule has 2 heterocycles. The van der Waals surface area contributed by atoms with Gasteiger partial charge in [0.15, 0.2) is 0 Å². The second-order valence-electron chi connectivity index (χ2n) is 5.88. The average Bonchev–Trinajstić information content (AvgIpc) is 3.12. The van der Waals surface area contributed by atoms with Crippen LogP contribution in [0.5, 0.6) is 0 Å². The predicted octanol–water partition coefficient (Wildman–Crippen LogP) is 1.82. The van der Waals surface area contributed by atoms with E-state index in [1.165, 1.54) is 4.90 Å². The molecule has 1 saturated heterocycles. The monoisotopic (exact) mass is 305 g/mol. The van der Waals surface area contributed by atoms with E-state index in [9.17, 15) is 14.3 Å². The first-order valence-electron chi connectivity index (χ1n) is 7.56. The maximum atomic E-state index is 13.5. The number of rotatable bonds is 3. The fourth-order valence-corrected chi connectivity index (χ4v) is 2.98. The number of amides is 1. The van der Waals surface area contributed by atoms with Crippen molar-refractivity contribution >= 4 is 17.3 Å². The zero-order chi connectivity index (χ0) is 15.7. The minimum Gasteiger partial charge on any atom is -0.394 e. The zero-order valence-corrected chi connectivity index (χ0v) is 12.6. The SMILES string of the molecule is CC1=NN(c2ccc(C(=O)N3C[C@@H](F)C[C@H]3CO)cc2)CC1. The zero-order valence-electron chi connectivity index (χ0n) is 12.6. The van der Waals surface area contributed by atoms with Crippen molar-refractivity contribution in [2.45, 2.75) is 32.0 Å². The molecule has 118 valence electrons. The Balaban J connectivity index is 1.74. The van der Waals surface area contributed by atoms with Gasteiger partial charge in [-0.3, -0.25) is 9.80 Å². The molecule has 0 radical (unpaired) electrons. The molecule has 2 aliphatic rings. The molecule has 1 fully saturated rings. The molecular formula is C16H20FN3O2. The molecule has 0 aromatic heterocycles. The van der Waals surface area contributed by atoms with Crippen molar-refractivity contribution in [2.24, 2.45) is 5.10 Å². The summed E-state index contributed by atoms with van der Waals surface area (Å²) in [6, 6.07) is 6.76. The van der Waals surface area contributed by atoms with Gasteiger partial charge < -0.3 is 10.0 Å². The summed E-state index contributed by atoms with van der Waals surface area (Å²) in [6.45, 7) is 2.70. The van der Waals surface area contributed by atoms with Gasteiger partial charge in [-0.15, -0.1) is 0 Å². The number of carbonyl (C=O) groups excluding carboxylic acids is 1. The van der Waals surface area contributed by atoms with Gasteiger partial charge in [-0.05, 0) is 31.2 Å². The van der Waals surface area contributed by atoms with Crippen LogP contribution in [-0.4, -0.2) is 53.5 Å². The number of alkyl halides is 1. The van der Waals surface area contributed by atoms with Crippen molar-refractivity contribution in [3.8, 4) is 0 Å². The molecule has 0 aliphatic carbocycles. The molecule has 1 aromatic carbocycles. The topological polar surface area (TPSA) is 56.1 Å². The number of anilines is 1. The molecular weight excluding hydrogens is 285 g/mol. The summed E-state index contributed by atoms with van der Waals surface area (Å²) in [5, 5.41) is 15.6. The number of aliphatic hydroxyl groups is 1. The lowest BCUT2D eigenvalue weighted by molar-refractivity contribution is 0.0673. The second kappa shape index (κ2) is 6.04. The Morgan fingerprint density at radius 3 is 2.73 bits per heavy atom. The Labute approximate surface area is 129 Å². The van der Waals surface area contributed by atoms with Gasteiger partial charge >= 0.3 is 0 Å². The standard InChI is InChI=1S/C16H20FN3O2/c1-11-6-7-20(18-11)14-4-2-12(3-5-14)16(22)19-9-13(17)8-15(19)10-21/h2-5,13,15,21H,6-10H2,1H3/t13-,15-/m0/s1. The quantitative estimate of drug-likeness (QED) is 0.927. The molecule has 1 N–H and O–H groups in total. The molecule has 3 rings (SSSR count). The predicted molar refractivity (Wildman–Crippen MR) is 82.9 cm³/mol. The third-order valence-electron chi connectivity index (χ3n) is 4.22. The summed E-state index contributed by atoms with van der Waals surface area (Å²) in [7, 11) is 0. The number of carbonyl (C=O) groups is 1. The minimum absolute atomic E-state index is 0.0570. The van der Waals surface area contributed by atoms with Crippen LogP contribution in [-0.2, 0) is 0 Å². The molecule has 2 atom stereocenters. The highest BCUT2D eigenvalue weighted by Gasteiger charge is 2.35. The Morgan fingerprint density at radius 2 is 2.14 bits per heavy atom. The van der Waals surface area contributed by atoms with Crippen LogP contribution >= 0.6 is 0 Å². The van der Waals surface area contributed by atoms with Crippen LogP contribution in [0.25, 0.3) is 0 Å². The summed E-state index contributed by atoms with van der Waals surface area (Å²) >= 11 is 0. The molecule has 1 amide bonds. The van der Waals surface area contributed by atoms with Gasteiger partial charge in [0, 0.05) is 30.7 Å². The summed E-state index contributed by atoms with van der Waals surface area (Å²) in [6.07, 6.45) is 0.106. The molecule has 2 aliphatic heterocycles. The van der Waals surface area contributed by atoms with E-state index in [4.69, 9.17) is 0 Å². The fraction of sp³-hybridized carbons (Fsp3) is 0.500. The lowest BCUT2D eigenvalue weighted by atomic mass is 10.1. The second-order valence-corrected chi connectivity index (χ2v) is 5.88. The van der Waals surface area contributed by atoms with Crippen LogP contribution in [0.4, 0.5) is 10.1 Å². The average molecular weight is 305 g/mol. The van der Waals surface area contributed by atoms with Gasteiger partial charge in [0.2, 0.25) is 0 Å². The summed E-state index contributed by atoms with van der Waals surface area (Å²) in [4.78, 5) is 13.9. The summed E-state index contributed by atoms with van der Waals surface area (Å²) < 4.78 is 13.5. The highest BCUT2D eigenvalue weighted by molar-refractivity contribution is 5.95. The van der Waals surface area contributed by atoms with Crippen molar-refractivity contribution in [1.82, 2.24) is 4.90 Å². The van der Waals surface area contributed by atoms with Crippen molar-refractivity contribution in [3.63, 3.8) is 0 Å². The van der Waals surface area contributed by atoms with Gasteiger partial charge in [-0.2, -0.15) is 5.10 Å². The number of halogens is 1. The number of nitrogens with zero attached hydrogens (tertiary/aromatic N) is 3. The number of benzene rings is 1. The van der Waals surface area contributed by atoms with Crippen LogP contribution in [0.3, 0.4) is 0 Å². The first-order chi connectivity index (χ1) is 10.6. The number of likely N-dealkylation sites (tertiary alicyclic amines) is 1. The van der Waals surface area contributed by atoms with Crippen LogP contribution < -0.4 is 5.01 Å². The van der Waals surface area contributed by atoms with Gasteiger partial charge in [0.05, 0.1) is 24.9 Å². The third kappa shape index (κ3) is 2.83. The van der Waals surface area contributed by atoms with E-state index in [2.05, 4.69) is 5.10 Å². The van der Waals surface area contributed by atoms with E-state index >= 15 is 0 Å². The van der Waals surface area contributed by atoms with Gasteiger partial charge in [-0.1, -0.05) is 0 Å². The Hall–Kier alpha value is -1.95. The van der Waals surface area contributed by atoms with E-state index in [1.807, 2.05) is 24.1 Å². The first-order valence-corrected chi connectivity index (χ1v) is 7.56. The molecule has 5 nitrogen and oxygen atoms in total. The molecule has 22 heavy (non-hydrogen) atoms. The van der Waals surface area contributed by atoms with E-state index < -0.39 is 12.2 Å². The van der Waals surface area contributed by atoms with Crippen molar-refractivity contribution < 1.29 is 14.3 Å². The Kier molecular flexibility index (Phi) is 4.11. The van der Waals surface area contributed by atoms with Crippen molar-refractivity contribution in [3.05, 3.63) is 29.8 Å². The largest absolute Gasteiger partial charge is 0.394 e. The molecule has 0 saturated carbocycles. The van der Waals surface area contributed by atoms with Crippen LogP contribution in [0.2, 0.25) is 0 Å². The fourth-order valence-electron chi connectivity index (χ4n) is 2.98. The Morgan fingerprint density at radius 1 is 1.41 bits per heavy atom. The third-order valence-corrected chi connectivity index (χ3v) is 4.22. The van der Waals surface area contributed by atoms with E-state index in [1.54, 1.807) is 12.1 Å². The van der Waals surface area contributed by atoms with E-state index in [0.717, 1.165) is 24.4 Å². The molecule has 6 heteroatoms. The number of hydrogen-bond acceptors (Lipinski definition) is 4. The molecule has 0 unspecified atom stereocenters. The van der Waals surface area contributed by atoms with Gasteiger partial charge in [0.25, 0.3) is 5.91 Å². The van der Waals surface area contributed by atoms with Crippen molar-refractivity contribution in [1.29, 1.82) is 0 Å². The van der Waals surface area contributed by atoms with Crippen LogP contribution in [0.1, 0.15) is 30.1 Å². The lowest BCUT2D eigenvalue weighted by Gasteiger charge is -2.23. The van der Waals surface area contributed by atoms with Gasteiger partial charge in [0.1, 0.15) is 6.17 Å². The normalized spacial score (nSPS) is 24.8. The highest BCUT2D eigenvalue weighted by Crippen LogP contribution is 2.24. The maximum Gasteiger partial charge on any atom is 0.254 e. The summed E-state index contributed by atoms with van der Waals surface area (Å²) in [5.74, 6) is -0.230. The smallest absolute Gasteiger partial charge is 0.254 e.